The third-order valence-corrected chi connectivity index (χ3v) is 3.69. The van der Waals surface area contributed by atoms with Gasteiger partial charge in [0.05, 0.1) is 11.0 Å². The number of aromatic amines is 1. The van der Waals surface area contributed by atoms with Crippen molar-refractivity contribution in [1.82, 2.24) is 20.2 Å². The third kappa shape index (κ3) is 3.46. The normalized spacial score (nSPS) is 17.6. The second-order valence-corrected chi connectivity index (χ2v) is 5.13. The number of hydrogen-bond acceptors (Lipinski definition) is 3. The summed E-state index contributed by atoms with van der Waals surface area (Å²) < 4.78 is 1.47. The number of rotatable bonds is 4. The summed E-state index contributed by atoms with van der Waals surface area (Å²) >= 11 is 0. The predicted molar refractivity (Wildman–Crippen MR) is 83.8 cm³/mol. The van der Waals surface area contributed by atoms with Crippen LogP contribution in [0.15, 0.2) is 29.1 Å². The Labute approximate surface area is 128 Å². The van der Waals surface area contributed by atoms with Crippen molar-refractivity contribution < 1.29 is 4.79 Å². The lowest BCUT2D eigenvalue weighted by Crippen LogP contribution is -2.39. The van der Waals surface area contributed by atoms with E-state index < -0.39 is 0 Å². The van der Waals surface area contributed by atoms with E-state index in [1.54, 1.807) is 0 Å². The molecule has 3 rings (SSSR count). The lowest BCUT2D eigenvalue weighted by molar-refractivity contribution is -0.121. The molecule has 21 heavy (non-hydrogen) atoms. The van der Waals surface area contributed by atoms with E-state index in [4.69, 9.17) is 0 Å². The first-order valence-corrected chi connectivity index (χ1v) is 6.91. The van der Waals surface area contributed by atoms with Crippen molar-refractivity contribution in [2.75, 3.05) is 13.1 Å². The first kappa shape index (κ1) is 15.6. The molecule has 1 unspecified atom stereocenters. The number of aromatic nitrogens is 2. The van der Waals surface area contributed by atoms with Crippen molar-refractivity contribution in [3.05, 3.63) is 34.7 Å². The number of nitrogens with one attached hydrogen (secondary N) is 3. The summed E-state index contributed by atoms with van der Waals surface area (Å²) in [6, 6.07) is 7.73. The number of benzene rings is 1. The molecule has 1 aromatic carbocycles. The Hall–Kier alpha value is -1.79. The molecule has 0 saturated carbocycles. The Bertz CT molecular complexity index is 673. The zero-order valence-corrected chi connectivity index (χ0v) is 12.4. The fourth-order valence-electron chi connectivity index (χ4n) is 2.63. The fourth-order valence-corrected chi connectivity index (χ4v) is 2.63. The van der Waals surface area contributed by atoms with Gasteiger partial charge in [-0.3, -0.25) is 9.36 Å². The Morgan fingerprint density at radius 3 is 2.95 bits per heavy atom. The molecule has 1 aromatic heterocycles. The van der Waals surface area contributed by atoms with Crippen LogP contribution in [0.5, 0.6) is 0 Å². The molecule has 7 heteroatoms. The number of imidazole rings is 1. The maximum Gasteiger partial charge on any atom is 0.326 e. The maximum atomic E-state index is 12.0. The van der Waals surface area contributed by atoms with Crippen molar-refractivity contribution in [1.29, 1.82) is 0 Å². The number of hydrogen-bond donors (Lipinski definition) is 3. The molecule has 1 atom stereocenters. The average Bonchev–Trinajstić information content (AvgIpc) is 3.06. The lowest BCUT2D eigenvalue weighted by atomic mass is 10.2. The van der Waals surface area contributed by atoms with Crippen molar-refractivity contribution >= 4 is 29.3 Å². The van der Waals surface area contributed by atoms with E-state index in [0.717, 1.165) is 30.4 Å². The molecule has 2 aromatic rings. The van der Waals surface area contributed by atoms with E-state index in [0.29, 0.717) is 12.6 Å². The Balaban J connectivity index is 0.00000161. The zero-order valence-electron chi connectivity index (χ0n) is 11.6. The van der Waals surface area contributed by atoms with Crippen LogP contribution in [0.4, 0.5) is 0 Å². The quantitative estimate of drug-likeness (QED) is 0.774. The summed E-state index contributed by atoms with van der Waals surface area (Å²) in [5.41, 5.74) is 1.26. The molecular weight excluding hydrogens is 292 g/mol. The van der Waals surface area contributed by atoms with Crippen LogP contribution in [0.1, 0.15) is 12.8 Å². The first-order chi connectivity index (χ1) is 9.74. The molecule has 3 N–H and O–H groups in total. The zero-order chi connectivity index (χ0) is 13.9. The van der Waals surface area contributed by atoms with E-state index in [1.807, 2.05) is 24.3 Å². The molecule has 0 spiro atoms. The highest BCUT2D eigenvalue weighted by atomic mass is 35.5. The van der Waals surface area contributed by atoms with Gasteiger partial charge >= 0.3 is 5.69 Å². The SMILES string of the molecule is Cl.O=C(Cn1c(=O)[nH]c2ccccc21)NCC1CCCN1. The molecule has 114 valence electrons. The number of halogens is 1. The molecule has 2 heterocycles. The van der Waals surface area contributed by atoms with Gasteiger partial charge in [-0.1, -0.05) is 12.1 Å². The summed E-state index contributed by atoms with van der Waals surface area (Å²) in [5.74, 6) is -0.134. The van der Waals surface area contributed by atoms with Crippen LogP contribution in [-0.4, -0.2) is 34.6 Å². The van der Waals surface area contributed by atoms with Gasteiger partial charge in [0.25, 0.3) is 0 Å². The smallest absolute Gasteiger partial charge is 0.326 e. The Morgan fingerprint density at radius 2 is 2.19 bits per heavy atom. The largest absolute Gasteiger partial charge is 0.353 e. The summed E-state index contributed by atoms with van der Waals surface area (Å²) in [4.78, 5) is 26.5. The number of carbonyl (C=O) groups excluding carboxylic acids is 1. The van der Waals surface area contributed by atoms with Crippen molar-refractivity contribution in [2.45, 2.75) is 25.4 Å². The number of nitrogens with zero attached hydrogens (tertiary/aromatic N) is 1. The second-order valence-electron chi connectivity index (χ2n) is 5.13. The highest BCUT2D eigenvalue weighted by Gasteiger charge is 2.15. The second kappa shape index (κ2) is 6.78. The minimum absolute atomic E-state index is 0. The van der Waals surface area contributed by atoms with Gasteiger partial charge < -0.3 is 15.6 Å². The number of amides is 1. The molecular formula is C14H19ClN4O2. The molecule has 1 saturated heterocycles. The first-order valence-electron chi connectivity index (χ1n) is 6.91. The number of para-hydroxylation sites is 2. The molecule has 1 fully saturated rings. The van der Waals surface area contributed by atoms with Crippen LogP contribution in [0.2, 0.25) is 0 Å². The molecule has 1 aliphatic heterocycles. The van der Waals surface area contributed by atoms with E-state index in [9.17, 15) is 9.59 Å². The average molecular weight is 311 g/mol. The van der Waals surface area contributed by atoms with Crippen LogP contribution in [0.3, 0.4) is 0 Å². The highest BCUT2D eigenvalue weighted by Crippen LogP contribution is 2.08. The van der Waals surface area contributed by atoms with Gasteiger partial charge in [-0.05, 0) is 31.5 Å². The standard InChI is InChI=1S/C14H18N4O2.ClH/c19-13(16-8-10-4-3-7-15-10)9-18-12-6-2-1-5-11(12)17-14(18)20;/h1-2,5-6,10,15H,3-4,7-9H2,(H,16,19)(H,17,20);1H. The van der Waals surface area contributed by atoms with E-state index in [2.05, 4.69) is 15.6 Å². The van der Waals surface area contributed by atoms with Crippen LogP contribution < -0.4 is 16.3 Å². The number of fused-ring (bicyclic) bond motifs is 1. The van der Waals surface area contributed by atoms with Crippen molar-refractivity contribution in [3.63, 3.8) is 0 Å². The molecule has 0 bridgehead atoms. The van der Waals surface area contributed by atoms with Crippen LogP contribution in [-0.2, 0) is 11.3 Å². The van der Waals surface area contributed by atoms with Gasteiger partial charge in [-0.25, -0.2) is 4.79 Å². The Kier molecular flexibility index (Phi) is 5.03. The van der Waals surface area contributed by atoms with Crippen molar-refractivity contribution in [3.8, 4) is 0 Å². The van der Waals surface area contributed by atoms with E-state index in [1.165, 1.54) is 4.57 Å². The highest BCUT2D eigenvalue weighted by molar-refractivity contribution is 5.85. The molecule has 6 nitrogen and oxygen atoms in total. The molecule has 0 aliphatic carbocycles. The molecule has 1 amide bonds. The van der Waals surface area contributed by atoms with Gasteiger partial charge in [-0.15, -0.1) is 12.4 Å². The van der Waals surface area contributed by atoms with E-state index in [-0.39, 0.29) is 30.5 Å². The summed E-state index contributed by atoms with van der Waals surface area (Å²) in [6.07, 6.45) is 2.25. The van der Waals surface area contributed by atoms with Gasteiger partial charge in [0.2, 0.25) is 5.91 Å². The lowest BCUT2D eigenvalue weighted by Gasteiger charge is -2.11. The van der Waals surface area contributed by atoms with Gasteiger partial charge in [0.1, 0.15) is 6.54 Å². The van der Waals surface area contributed by atoms with Crippen molar-refractivity contribution in [2.24, 2.45) is 0 Å². The molecule has 1 aliphatic rings. The van der Waals surface area contributed by atoms with Gasteiger partial charge in [0, 0.05) is 12.6 Å². The summed E-state index contributed by atoms with van der Waals surface area (Å²) in [5, 5.41) is 6.20. The minimum Gasteiger partial charge on any atom is -0.353 e. The fraction of sp³-hybridized carbons (Fsp3) is 0.429. The van der Waals surface area contributed by atoms with E-state index >= 15 is 0 Å². The van der Waals surface area contributed by atoms with Crippen LogP contribution in [0, 0.1) is 0 Å². The summed E-state index contributed by atoms with van der Waals surface area (Å²) in [7, 11) is 0. The summed E-state index contributed by atoms with van der Waals surface area (Å²) in [6.45, 7) is 1.69. The number of carbonyl (C=O) groups is 1. The van der Waals surface area contributed by atoms with Gasteiger partial charge in [-0.2, -0.15) is 0 Å². The van der Waals surface area contributed by atoms with Crippen LogP contribution in [0.25, 0.3) is 11.0 Å². The number of H-pyrrole nitrogens is 1. The topological polar surface area (TPSA) is 78.9 Å². The molecule has 0 radical (unpaired) electrons. The van der Waals surface area contributed by atoms with Crippen LogP contribution >= 0.6 is 12.4 Å². The third-order valence-electron chi connectivity index (χ3n) is 3.69. The van der Waals surface area contributed by atoms with Gasteiger partial charge in [0.15, 0.2) is 0 Å². The predicted octanol–water partition coefficient (Wildman–Crippen LogP) is 0.620. The monoisotopic (exact) mass is 310 g/mol. The Morgan fingerprint density at radius 1 is 1.38 bits per heavy atom. The minimum atomic E-state index is -0.250. The maximum absolute atomic E-state index is 12.0.